The first-order chi connectivity index (χ1) is 28.6. The van der Waals surface area contributed by atoms with Crippen LogP contribution in [0.25, 0.3) is 0 Å². The number of carbonyl (C=O) groups is 5. The molecule has 14 heteroatoms. The van der Waals surface area contributed by atoms with Gasteiger partial charge >= 0.3 is 0 Å². The number of pyridine rings is 1. The molecule has 1 aromatic heterocycles. The normalized spacial score (nSPS) is 26.6. The average Bonchev–Trinajstić information content (AvgIpc) is 3.64. The van der Waals surface area contributed by atoms with E-state index < -0.39 is 29.7 Å². The van der Waals surface area contributed by atoms with Crippen molar-refractivity contribution >= 4 is 46.8 Å². The minimum absolute atomic E-state index is 0.0287. The molecule has 5 amide bonds. The van der Waals surface area contributed by atoms with Crippen molar-refractivity contribution in [3.8, 4) is 23.7 Å². The Kier molecular flexibility index (Phi) is 9.76. The van der Waals surface area contributed by atoms with Crippen LogP contribution in [-0.2, 0) is 16.1 Å². The van der Waals surface area contributed by atoms with E-state index in [9.17, 15) is 29.2 Å². The van der Waals surface area contributed by atoms with Gasteiger partial charge in [-0.25, -0.2) is 4.98 Å². The van der Waals surface area contributed by atoms with Crippen LogP contribution in [0.5, 0.6) is 5.75 Å². The molecule has 2 N–H and O–H groups in total. The average molecular weight is 828 g/mol. The SMILES string of the molecule is CC1(C)C(Oc2ccc(C#N)c(Cl)c2)C(C)(C)C1N1Cc2nc(C#CC3CC(NC4CCN(c5ccc6c(c5)C(=O)N(C5CCC(=O)NC5=O)C6=O)CC4)C3)ccc2C1=O. The lowest BCUT2D eigenvalue weighted by atomic mass is 9.49. The van der Waals surface area contributed by atoms with Gasteiger partial charge in [0.05, 0.1) is 39.5 Å². The van der Waals surface area contributed by atoms with Crippen LogP contribution >= 0.6 is 11.6 Å². The van der Waals surface area contributed by atoms with Crippen LogP contribution in [0.2, 0.25) is 5.02 Å². The van der Waals surface area contributed by atoms with Crippen LogP contribution in [0.3, 0.4) is 0 Å². The van der Waals surface area contributed by atoms with E-state index in [-0.39, 0.29) is 53.2 Å². The summed E-state index contributed by atoms with van der Waals surface area (Å²) in [4.78, 5) is 74.3. The Bertz CT molecular complexity index is 2450. The molecule has 6 aliphatic rings. The van der Waals surface area contributed by atoms with Crippen LogP contribution in [0.4, 0.5) is 5.69 Å². The second kappa shape index (κ2) is 14.8. The van der Waals surface area contributed by atoms with Gasteiger partial charge in [-0.15, -0.1) is 0 Å². The van der Waals surface area contributed by atoms with Gasteiger partial charge in [0, 0.05) is 66.1 Å². The number of benzene rings is 2. The summed E-state index contributed by atoms with van der Waals surface area (Å²) >= 11 is 6.28. The number of rotatable bonds is 7. The minimum atomic E-state index is -0.981. The lowest BCUT2D eigenvalue weighted by molar-refractivity contribution is -0.199. The van der Waals surface area contributed by atoms with Crippen molar-refractivity contribution in [2.75, 3.05) is 18.0 Å². The molecule has 5 heterocycles. The summed E-state index contributed by atoms with van der Waals surface area (Å²) < 4.78 is 6.46. The van der Waals surface area contributed by atoms with E-state index in [1.165, 1.54) is 0 Å². The molecule has 0 bridgehead atoms. The van der Waals surface area contributed by atoms with Gasteiger partial charge in [-0.3, -0.25) is 34.2 Å². The third-order valence-electron chi connectivity index (χ3n) is 13.5. The van der Waals surface area contributed by atoms with Gasteiger partial charge in [0.25, 0.3) is 17.7 Å². The first-order valence-electron chi connectivity index (χ1n) is 20.7. The zero-order valence-electron chi connectivity index (χ0n) is 34.0. The van der Waals surface area contributed by atoms with Crippen molar-refractivity contribution in [2.45, 2.75) is 103 Å². The van der Waals surface area contributed by atoms with Crippen molar-refractivity contribution < 1.29 is 28.7 Å². The Hall–Kier alpha value is -5.76. The summed E-state index contributed by atoms with van der Waals surface area (Å²) in [5.74, 6) is 5.53. The Morgan fingerprint density at radius 3 is 2.28 bits per heavy atom. The number of aromatic nitrogens is 1. The standard InChI is InChI=1S/C46H46ClN7O6/c1-45(2)43(46(3,4)44(45)60-31-10-6-26(23-48)35(47)22-31)53-24-36-33(40(53)57)11-8-27(50-36)7-5-25-19-29(20-25)49-28-15-17-52(18-16-28)30-9-12-32-34(21-30)42(59)54(41(32)58)37-13-14-38(55)51-39(37)56/h6,8-12,21-22,25,28-29,37,43-44,49H,13-20,24H2,1-4H3,(H,51,55,56). The Labute approximate surface area is 353 Å². The van der Waals surface area contributed by atoms with E-state index in [1.54, 1.807) is 30.3 Å². The predicted molar refractivity (Wildman–Crippen MR) is 221 cm³/mol. The number of fused-ring (bicyclic) bond motifs is 2. The number of halogens is 1. The van der Waals surface area contributed by atoms with Crippen molar-refractivity contribution in [1.29, 1.82) is 5.26 Å². The monoisotopic (exact) mass is 827 g/mol. The van der Waals surface area contributed by atoms with Crippen LogP contribution in [0, 0.1) is 39.9 Å². The summed E-state index contributed by atoms with van der Waals surface area (Å²) in [5, 5.41) is 15.7. The third-order valence-corrected chi connectivity index (χ3v) is 13.8. The van der Waals surface area contributed by atoms with Crippen molar-refractivity contribution in [3.05, 3.63) is 87.2 Å². The fraction of sp³-hybridized carbons (Fsp3) is 0.457. The van der Waals surface area contributed by atoms with Crippen LogP contribution < -0.4 is 20.3 Å². The molecule has 4 fully saturated rings. The quantitative estimate of drug-likeness (QED) is 0.238. The van der Waals surface area contributed by atoms with Gasteiger partial charge in [0.2, 0.25) is 11.8 Å². The molecule has 0 spiro atoms. The number of ether oxygens (including phenoxy) is 1. The fourth-order valence-corrected chi connectivity index (χ4v) is 11.0. The highest BCUT2D eigenvalue weighted by molar-refractivity contribution is 6.31. The molecule has 9 rings (SSSR count). The van der Waals surface area contributed by atoms with Gasteiger partial charge < -0.3 is 19.9 Å². The molecule has 4 aliphatic heterocycles. The molecule has 0 radical (unpaired) electrons. The summed E-state index contributed by atoms with van der Waals surface area (Å²) in [7, 11) is 0. The largest absolute Gasteiger partial charge is 0.489 e. The summed E-state index contributed by atoms with van der Waals surface area (Å²) in [6.07, 6.45) is 3.80. The molecule has 2 saturated carbocycles. The number of piperidine rings is 2. The Morgan fingerprint density at radius 2 is 1.58 bits per heavy atom. The number of amides is 5. The first-order valence-corrected chi connectivity index (χ1v) is 21.1. The van der Waals surface area contributed by atoms with E-state index >= 15 is 0 Å². The number of imide groups is 2. The van der Waals surface area contributed by atoms with E-state index in [0.29, 0.717) is 51.8 Å². The number of nitrogens with zero attached hydrogens (tertiary/aromatic N) is 5. The van der Waals surface area contributed by atoms with Crippen molar-refractivity contribution in [3.63, 3.8) is 0 Å². The highest BCUT2D eigenvalue weighted by Gasteiger charge is 2.67. The number of anilines is 1. The van der Waals surface area contributed by atoms with E-state index in [2.05, 4.69) is 61.1 Å². The molecule has 308 valence electrons. The van der Waals surface area contributed by atoms with Crippen LogP contribution in [-0.4, -0.2) is 87.7 Å². The van der Waals surface area contributed by atoms with Gasteiger partial charge in [-0.2, -0.15) is 5.26 Å². The van der Waals surface area contributed by atoms with Crippen LogP contribution in [0.15, 0.2) is 48.5 Å². The van der Waals surface area contributed by atoms with Crippen molar-refractivity contribution in [2.24, 2.45) is 16.7 Å². The molecular formula is C46H46ClN7O6. The van der Waals surface area contributed by atoms with Crippen molar-refractivity contribution in [1.82, 2.24) is 25.4 Å². The molecule has 13 nitrogen and oxygen atoms in total. The van der Waals surface area contributed by atoms with Gasteiger partial charge in [0.1, 0.15) is 29.7 Å². The zero-order valence-corrected chi connectivity index (χ0v) is 34.8. The lowest BCUT2D eigenvalue weighted by Crippen LogP contribution is -2.74. The number of nitriles is 1. The van der Waals surface area contributed by atoms with Crippen LogP contribution in [0.1, 0.15) is 114 Å². The van der Waals surface area contributed by atoms with Gasteiger partial charge in [-0.05, 0) is 80.5 Å². The Balaban J connectivity index is 0.754. The number of carbonyl (C=O) groups excluding carboxylic acids is 5. The van der Waals surface area contributed by atoms with E-state index in [4.69, 9.17) is 21.3 Å². The number of hydrogen-bond donors (Lipinski definition) is 2. The third kappa shape index (κ3) is 6.68. The molecule has 2 aliphatic carbocycles. The molecular weight excluding hydrogens is 782 g/mol. The summed E-state index contributed by atoms with van der Waals surface area (Å²) in [5.41, 5.74) is 3.14. The summed E-state index contributed by atoms with van der Waals surface area (Å²) in [6.45, 7) is 10.5. The molecule has 60 heavy (non-hydrogen) atoms. The highest BCUT2D eigenvalue weighted by Crippen LogP contribution is 2.59. The first kappa shape index (κ1) is 39.7. The second-order valence-corrected chi connectivity index (χ2v) is 18.6. The molecule has 3 aromatic rings. The zero-order chi connectivity index (χ0) is 42.2. The summed E-state index contributed by atoms with van der Waals surface area (Å²) in [6, 6.07) is 15.8. The van der Waals surface area contributed by atoms with E-state index in [0.717, 1.165) is 55.1 Å². The number of nitrogens with one attached hydrogen (secondary N) is 2. The minimum Gasteiger partial charge on any atom is -0.489 e. The second-order valence-electron chi connectivity index (χ2n) is 18.2. The Morgan fingerprint density at radius 1 is 0.867 bits per heavy atom. The topological polar surface area (TPSA) is 165 Å². The molecule has 1 unspecified atom stereocenters. The van der Waals surface area contributed by atoms with E-state index in [1.807, 2.05) is 23.1 Å². The smallest absolute Gasteiger partial charge is 0.262 e. The molecule has 2 saturated heterocycles. The predicted octanol–water partition coefficient (Wildman–Crippen LogP) is 5.23. The highest BCUT2D eigenvalue weighted by atomic mass is 35.5. The molecule has 1 atom stereocenters. The maximum Gasteiger partial charge on any atom is 0.262 e. The van der Waals surface area contributed by atoms with Gasteiger partial charge in [-0.1, -0.05) is 45.2 Å². The molecule has 2 aromatic carbocycles. The lowest BCUT2D eigenvalue weighted by Gasteiger charge is -2.65. The number of hydrogen-bond acceptors (Lipinski definition) is 10. The maximum absolute atomic E-state index is 13.8. The van der Waals surface area contributed by atoms with Gasteiger partial charge in [0.15, 0.2) is 0 Å². The maximum atomic E-state index is 13.8. The fourth-order valence-electron chi connectivity index (χ4n) is 10.8.